The number of rotatable bonds is 5. The molecule has 6 rings (SSSR count). The molecule has 1 saturated carbocycles. The van der Waals surface area contributed by atoms with Gasteiger partial charge in [0.25, 0.3) is 0 Å². The molecule has 3 aliphatic heterocycles. The third-order valence-corrected chi connectivity index (χ3v) is 8.76. The number of nitrogens with zero attached hydrogens (tertiary/aromatic N) is 3. The quantitative estimate of drug-likeness (QED) is 0.675. The molecule has 1 unspecified atom stereocenters. The molecule has 1 aromatic carbocycles. The second-order valence-corrected chi connectivity index (χ2v) is 10.8. The van der Waals surface area contributed by atoms with Crippen molar-refractivity contribution in [2.75, 3.05) is 69.9 Å². The van der Waals surface area contributed by atoms with Crippen molar-refractivity contribution in [1.29, 1.82) is 0 Å². The lowest BCUT2D eigenvalue weighted by atomic mass is 9.93. The summed E-state index contributed by atoms with van der Waals surface area (Å²) in [5.41, 5.74) is 1.17. The molecule has 1 aliphatic carbocycles. The summed E-state index contributed by atoms with van der Waals surface area (Å²) >= 11 is 6.70. The first-order valence-electron chi connectivity index (χ1n) is 12.6. The zero-order valence-corrected chi connectivity index (χ0v) is 20.9. The normalized spacial score (nSPS) is 28.5. The van der Waals surface area contributed by atoms with Gasteiger partial charge in [0.05, 0.1) is 36.1 Å². The Morgan fingerprint density at radius 3 is 2.69 bits per heavy atom. The minimum atomic E-state index is 0.0731. The van der Waals surface area contributed by atoms with Crippen LogP contribution in [0.3, 0.4) is 0 Å². The van der Waals surface area contributed by atoms with Crippen LogP contribution in [0.5, 0.6) is 0 Å². The number of hydrogen-bond acceptors (Lipinski definition) is 7. The van der Waals surface area contributed by atoms with Crippen molar-refractivity contribution >= 4 is 39.8 Å². The van der Waals surface area contributed by atoms with Crippen LogP contribution in [-0.2, 0) is 19.0 Å². The van der Waals surface area contributed by atoms with Gasteiger partial charge in [0.1, 0.15) is 5.82 Å². The number of amides is 1. The van der Waals surface area contributed by atoms with E-state index in [2.05, 4.69) is 26.2 Å². The molecule has 1 N–H and O–H groups in total. The van der Waals surface area contributed by atoms with Crippen LogP contribution in [-0.4, -0.2) is 87.7 Å². The van der Waals surface area contributed by atoms with Gasteiger partial charge in [-0.3, -0.25) is 9.69 Å². The number of halogens is 1. The number of piperazine rings is 1. The summed E-state index contributed by atoms with van der Waals surface area (Å²) in [6.45, 7) is 6.57. The minimum Gasteiger partial charge on any atom is -0.381 e. The number of hydrogen-bond donors (Lipinski definition) is 1. The SMILES string of the molecule is CO[C@H]1COC[C@H]1N1CCN(c2cc3cc(NC(=O)C4CC45CCOCC5)ncc3cc2Cl)CC1. The van der Waals surface area contributed by atoms with Gasteiger partial charge in [-0.05, 0) is 48.3 Å². The van der Waals surface area contributed by atoms with Crippen LogP contribution < -0.4 is 10.2 Å². The topological polar surface area (TPSA) is 76.2 Å². The number of carbonyl (C=O) groups is 1. The zero-order chi connectivity index (χ0) is 24.0. The van der Waals surface area contributed by atoms with Gasteiger partial charge in [-0.1, -0.05) is 11.6 Å². The molecule has 1 aromatic heterocycles. The number of carbonyl (C=O) groups excluding carboxylic acids is 1. The summed E-state index contributed by atoms with van der Waals surface area (Å²) < 4.78 is 16.7. The van der Waals surface area contributed by atoms with E-state index in [-0.39, 0.29) is 23.3 Å². The number of benzene rings is 1. The van der Waals surface area contributed by atoms with Gasteiger partial charge in [-0.15, -0.1) is 0 Å². The fourth-order valence-corrected chi connectivity index (χ4v) is 6.40. The van der Waals surface area contributed by atoms with E-state index in [0.717, 1.165) is 86.7 Å². The van der Waals surface area contributed by atoms with Crippen molar-refractivity contribution in [3.05, 3.63) is 29.4 Å². The molecule has 3 saturated heterocycles. The third kappa shape index (κ3) is 4.51. The van der Waals surface area contributed by atoms with Crippen molar-refractivity contribution in [3.8, 4) is 0 Å². The Hall–Kier alpha value is -1.97. The van der Waals surface area contributed by atoms with Crippen LogP contribution in [0.4, 0.5) is 11.5 Å². The number of aromatic nitrogens is 1. The van der Waals surface area contributed by atoms with E-state index in [0.29, 0.717) is 18.5 Å². The lowest BCUT2D eigenvalue weighted by Crippen LogP contribution is -2.54. The van der Waals surface area contributed by atoms with E-state index in [1.807, 2.05) is 12.1 Å². The molecule has 4 aliphatic rings. The van der Waals surface area contributed by atoms with Crippen molar-refractivity contribution in [3.63, 3.8) is 0 Å². The van der Waals surface area contributed by atoms with Crippen LogP contribution in [0.15, 0.2) is 24.4 Å². The number of pyridine rings is 1. The number of fused-ring (bicyclic) bond motifs is 1. The maximum atomic E-state index is 12.9. The molecule has 8 nitrogen and oxygen atoms in total. The molecule has 9 heteroatoms. The highest BCUT2D eigenvalue weighted by atomic mass is 35.5. The molecule has 0 bridgehead atoms. The molecule has 4 fully saturated rings. The number of ether oxygens (including phenoxy) is 3. The summed E-state index contributed by atoms with van der Waals surface area (Å²) in [5, 5.41) is 5.78. The Morgan fingerprint density at radius 1 is 1.11 bits per heavy atom. The highest BCUT2D eigenvalue weighted by Crippen LogP contribution is 2.59. The van der Waals surface area contributed by atoms with E-state index < -0.39 is 0 Å². The number of methoxy groups -OCH3 is 1. The van der Waals surface area contributed by atoms with E-state index >= 15 is 0 Å². The van der Waals surface area contributed by atoms with Gasteiger partial charge in [0, 0.05) is 64.0 Å². The Kier molecular flexibility index (Phi) is 6.35. The summed E-state index contributed by atoms with van der Waals surface area (Å²) in [6.07, 6.45) is 4.85. The van der Waals surface area contributed by atoms with Crippen molar-refractivity contribution in [2.24, 2.45) is 11.3 Å². The molecular formula is C26H33ClN4O4. The lowest BCUT2D eigenvalue weighted by Gasteiger charge is -2.40. The van der Waals surface area contributed by atoms with Gasteiger partial charge >= 0.3 is 0 Å². The van der Waals surface area contributed by atoms with E-state index in [1.165, 1.54) is 0 Å². The largest absolute Gasteiger partial charge is 0.381 e. The predicted octanol–water partition coefficient (Wildman–Crippen LogP) is 3.18. The molecule has 0 radical (unpaired) electrons. The average Bonchev–Trinajstić information content (AvgIpc) is 3.34. The van der Waals surface area contributed by atoms with Crippen LogP contribution in [0.25, 0.3) is 10.8 Å². The molecular weight excluding hydrogens is 468 g/mol. The highest BCUT2D eigenvalue weighted by Gasteiger charge is 2.58. The second-order valence-electron chi connectivity index (χ2n) is 10.3. The fraction of sp³-hybridized carbons (Fsp3) is 0.615. The first-order chi connectivity index (χ1) is 17.1. The van der Waals surface area contributed by atoms with Crippen LogP contribution in [0.1, 0.15) is 19.3 Å². The Labute approximate surface area is 210 Å². The van der Waals surface area contributed by atoms with Crippen molar-refractivity contribution < 1.29 is 19.0 Å². The van der Waals surface area contributed by atoms with Crippen molar-refractivity contribution in [1.82, 2.24) is 9.88 Å². The molecule has 2 aromatic rings. The standard InChI is InChI=1S/C26H33ClN4O4/c1-33-23-16-35-15-22(23)31-6-4-30(5-7-31)21-11-17-12-24(28-14-18(17)10-20(21)27)29-25(32)19-13-26(19)2-8-34-9-3-26/h10-12,14,19,22-23H,2-9,13,15-16H2,1H3,(H,28,29,32)/t19?,22-,23+/m1/s1. The van der Waals surface area contributed by atoms with Gasteiger partial charge in [0.2, 0.25) is 5.91 Å². The summed E-state index contributed by atoms with van der Waals surface area (Å²) in [5.74, 6) is 0.750. The maximum absolute atomic E-state index is 12.9. The molecule has 1 spiro atoms. The minimum absolute atomic E-state index is 0.0731. The Morgan fingerprint density at radius 2 is 1.91 bits per heavy atom. The van der Waals surface area contributed by atoms with Gasteiger partial charge in [-0.2, -0.15) is 0 Å². The highest BCUT2D eigenvalue weighted by molar-refractivity contribution is 6.34. The first-order valence-corrected chi connectivity index (χ1v) is 13.0. The number of nitrogens with one attached hydrogen (secondary N) is 1. The zero-order valence-electron chi connectivity index (χ0n) is 20.2. The molecule has 188 valence electrons. The maximum Gasteiger partial charge on any atom is 0.229 e. The third-order valence-electron chi connectivity index (χ3n) is 8.46. The van der Waals surface area contributed by atoms with E-state index in [9.17, 15) is 4.79 Å². The molecule has 1 amide bonds. The first kappa shape index (κ1) is 23.4. The fourth-order valence-electron chi connectivity index (χ4n) is 6.11. The predicted molar refractivity (Wildman–Crippen MR) is 135 cm³/mol. The summed E-state index contributed by atoms with van der Waals surface area (Å²) in [7, 11) is 1.76. The summed E-state index contributed by atoms with van der Waals surface area (Å²) in [6, 6.07) is 6.37. The summed E-state index contributed by atoms with van der Waals surface area (Å²) in [4.78, 5) is 22.2. The van der Waals surface area contributed by atoms with E-state index in [1.54, 1.807) is 13.3 Å². The second kappa shape index (κ2) is 9.48. The lowest BCUT2D eigenvalue weighted by molar-refractivity contribution is -0.118. The van der Waals surface area contributed by atoms with Gasteiger partial charge in [0.15, 0.2) is 0 Å². The van der Waals surface area contributed by atoms with Crippen LogP contribution >= 0.6 is 11.6 Å². The Bertz CT molecular complexity index is 1100. The van der Waals surface area contributed by atoms with Crippen molar-refractivity contribution in [2.45, 2.75) is 31.4 Å². The van der Waals surface area contributed by atoms with Crippen LogP contribution in [0.2, 0.25) is 5.02 Å². The van der Waals surface area contributed by atoms with Gasteiger partial charge in [-0.25, -0.2) is 4.98 Å². The smallest absolute Gasteiger partial charge is 0.229 e. The Balaban J connectivity index is 1.14. The molecule has 35 heavy (non-hydrogen) atoms. The number of anilines is 2. The molecule has 4 heterocycles. The average molecular weight is 501 g/mol. The molecule has 3 atom stereocenters. The van der Waals surface area contributed by atoms with E-state index in [4.69, 9.17) is 25.8 Å². The van der Waals surface area contributed by atoms with Crippen LogP contribution in [0, 0.1) is 11.3 Å². The van der Waals surface area contributed by atoms with Gasteiger partial charge < -0.3 is 24.4 Å². The monoisotopic (exact) mass is 500 g/mol.